The molecule has 1 unspecified atom stereocenters. The second-order valence-electron chi connectivity index (χ2n) is 6.84. The predicted octanol–water partition coefficient (Wildman–Crippen LogP) is 3.42. The standard InChI is InChI=1S/C17H28N2/c1-17(2,3)15-7-5-6-8-16(15)19(4)12-10-14-9-11-18-13-14/h5-8,14,18H,9-13H2,1-4H3. The summed E-state index contributed by atoms with van der Waals surface area (Å²) < 4.78 is 0. The first-order valence-corrected chi connectivity index (χ1v) is 7.50. The van der Waals surface area contributed by atoms with Gasteiger partial charge in [0.15, 0.2) is 0 Å². The van der Waals surface area contributed by atoms with Gasteiger partial charge in [-0.3, -0.25) is 0 Å². The van der Waals surface area contributed by atoms with Gasteiger partial charge in [0.05, 0.1) is 0 Å². The lowest BCUT2D eigenvalue weighted by atomic mass is 9.85. The molecule has 1 aliphatic heterocycles. The van der Waals surface area contributed by atoms with Crippen molar-refractivity contribution in [2.75, 3.05) is 31.6 Å². The van der Waals surface area contributed by atoms with Crippen LogP contribution in [0.25, 0.3) is 0 Å². The molecule has 1 saturated heterocycles. The summed E-state index contributed by atoms with van der Waals surface area (Å²) in [5, 5.41) is 3.45. The lowest BCUT2D eigenvalue weighted by Crippen LogP contribution is -2.25. The zero-order valence-corrected chi connectivity index (χ0v) is 12.9. The highest BCUT2D eigenvalue weighted by atomic mass is 15.1. The summed E-state index contributed by atoms with van der Waals surface area (Å²) in [5.74, 6) is 0.865. The van der Waals surface area contributed by atoms with Gasteiger partial charge in [0, 0.05) is 19.3 Å². The molecule has 19 heavy (non-hydrogen) atoms. The van der Waals surface area contributed by atoms with E-state index in [9.17, 15) is 0 Å². The molecule has 0 amide bonds. The Bertz CT molecular complexity index is 400. The van der Waals surface area contributed by atoms with Crippen molar-refractivity contribution in [2.24, 2.45) is 5.92 Å². The smallest absolute Gasteiger partial charge is 0.0401 e. The van der Waals surface area contributed by atoms with Gasteiger partial charge >= 0.3 is 0 Å². The Kier molecular flexibility index (Phi) is 4.51. The molecule has 1 N–H and O–H groups in total. The summed E-state index contributed by atoms with van der Waals surface area (Å²) in [6, 6.07) is 8.83. The maximum Gasteiger partial charge on any atom is 0.0401 e. The van der Waals surface area contributed by atoms with Crippen molar-refractivity contribution in [1.82, 2.24) is 5.32 Å². The number of hydrogen-bond donors (Lipinski definition) is 1. The van der Waals surface area contributed by atoms with Crippen molar-refractivity contribution in [1.29, 1.82) is 0 Å². The molecule has 1 fully saturated rings. The average molecular weight is 260 g/mol. The third-order valence-electron chi connectivity index (χ3n) is 4.16. The van der Waals surface area contributed by atoms with Gasteiger partial charge in [-0.15, -0.1) is 0 Å². The van der Waals surface area contributed by atoms with E-state index in [1.54, 1.807) is 0 Å². The highest BCUT2D eigenvalue weighted by Crippen LogP contribution is 2.31. The van der Waals surface area contributed by atoms with Crippen LogP contribution in [0.3, 0.4) is 0 Å². The van der Waals surface area contributed by atoms with Gasteiger partial charge in [-0.25, -0.2) is 0 Å². The number of hydrogen-bond acceptors (Lipinski definition) is 2. The normalized spacial score (nSPS) is 19.7. The molecule has 0 aliphatic carbocycles. The molecule has 1 aliphatic rings. The van der Waals surface area contributed by atoms with Crippen molar-refractivity contribution < 1.29 is 0 Å². The van der Waals surface area contributed by atoms with E-state index in [-0.39, 0.29) is 5.41 Å². The molecule has 1 aromatic rings. The molecule has 0 aromatic heterocycles. The molecule has 0 spiro atoms. The number of benzene rings is 1. The molecular formula is C17H28N2. The van der Waals surface area contributed by atoms with Crippen LogP contribution < -0.4 is 10.2 Å². The molecule has 1 aromatic carbocycles. The summed E-state index contributed by atoms with van der Waals surface area (Å²) >= 11 is 0. The van der Waals surface area contributed by atoms with E-state index in [0.29, 0.717) is 0 Å². The molecule has 2 nitrogen and oxygen atoms in total. The molecule has 1 atom stereocenters. The summed E-state index contributed by atoms with van der Waals surface area (Å²) in [7, 11) is 2.23. The van der Waals surface area contributed by atoms with Crippen LogP contribution in [0.5, 0.6) is 0 Å². The van der Waals surface area contributed by atoms with Crippen molar-refractivity contribution in [3.8, 4) is 0 Å². The van der Waals surface area contributed by atoms with Crippen LogP contribution >= 0.6 is 0 Å². The summed E-state index contributed by atoms with van der Waals surface area (Å²) in [6.45, 7) is 10.4. The van der Waals surface area contributed by atoms with Crippen LogP contribution in [0, 0.1) is 5.92 Å². The fraction of sp³-hybridized carbons (Fsp3) is 0.647. The van der Waals surface area contributed by atoms with Gasteiger partial charge in [0.25, 0.3) is 0 Å². The van der Waals surface area contributed by atoms with E-state index in [1.807, 2.05) is 0 Å². The maximum atomic E-state index is 3.45. The lowest BCUT2D eigenvalue weighted by molar-refractivity contribution is 0.530. The minimum atomic E-state index is 0.208. The largest absolute Gasteiger partial charge is 0.374 e. The summed E-state index contributed by atoms with van der Waals surface area (Å²) in [5.41, 5.74) is 3.04. The Morgan fingerprint density at radius 2 is 2.00 bits per heavy atom. The summed E-state index contributed by atoms with van der Waals surface area (Å²) in [6.07, 6.45) is 2.64. The maximum absolute atomic E-state index is 3.45. The molecule has 1 heterocycles. The van der Waals surface area contributed by atoms with Crippen LogP contribution in [0.1, 0.15) is 39.2 Å². The first-order valence-electron chi connectivity index (χ1n) is 7.50. The van der Waals surface area contributed by atoms with Crippen LogP contribution in [0.4, 0.5) is 5.69 Å². The molecule has 0 radical (unpaired) electrons. The number of nitrogens with zero attached hydrogens (tertiary/aromatic N) is 1. The predicted molar refractivity (Wildman–Crippen MR) is 84.0 cm³/mol. The zero-order chi connectivity index (χ0) is 13.9. The lowest BCUT2D eigenvalue weighted by Gasteiger charge is -2.29. The van der Waals surface area contributed by atoms with Crippen LogP contribution in [0.2, 0.25) is 0 Å². The zero-order valence-electron chi connectivity index (χ0n) is 12.9. The van der Waals surface area contributed by atoms with E-state index < -0.39 is 0 Å². The number of nitrogens with one attached hydrogen (secondary N) is 1. The Balaban J connectivity index is 2.03. The van der Waals surface area contributed by atoms with Gasteiger partial charge in [0.2, 0.25) is 0 Å². The Labute approximate surface area is 118 Å². The fourth-order valence-corrected chi connectivity index (χ4v) is 2.90. The Hall–Kier alpha value is -1.02. The molecular weight excluding hydrogens is 232 g/mol. The first kappa shape index (κ1) is 14.4. The van der Waals surface area contributed by atoms with E-state index >= 15 is 0 Å². The fourth-order valence-electron chi connectivity index (χ4n) is 2.90. The Morgan fingerprint density at radius 1 is 1.26 bits per heavy atom. The van der Waals surface area contributed by atoms with Crippen LogP contribution in [-0.4, -0.2) is 26.7 Å². The van der Waals surface area contributed by atoms with E-state index in [2.05, 4.69) is 62.3 Å². The van der Waals surface area contributed by atoms with E-state index in [0.717, 1.165) is 12.5 Å². The second kappa shape index (κ2) is 5.96. The van der Waals surface area contributed by atoms with E-state index in [1.165, 1.54) is 37.2 Å². The van der Waals surface area contributed by atoms with Crippen molar-refractivity contribution in [3.63, 3.8) is 0 Å². The van der Waals surface area contributed by atoms with Crippen molar-refractivity contribution >= 4 is 5.69 Å². The van der Waals surface area contributed by atoms with E-state index in [4.69, 9.17) is 0 Å². The van der Waals surface area contributed by atoms with Gasteiger partial charge in [-0.2, -0.15) is 0 Å². The van der Waals surface area contributed by atoms with Gasteiger partial charge < -0.3 is 10.2 Å². The minimum Gasteiger partial charge on any atom is -0.374 e. The SMILES string of the molecule is CN(CCC1CCNC1)c1ccccc1C(C)(C)C. The van der Waals surface area contributed by atoms with Gasteiger partial charge in [0.1, 0.15) is 0 Å². The molecule has 106 valence electrons. The van der Waals surface area contributed by atoms with Crippen molar-refractivity contribution in [2.45, 2.75) is 39.0 Å². The first-order chi connectivity index (χ1) is 8.98. The number of para-hydroxylation sites is 1. The highest BCUT2D eigenvalue weighted by Gasteiger charge is 2.20. The molecule has 0 bridgehead atoms. The third-order valence-corrected chi connectivity index (χ3v) is 4.16. The number of anilines is 1. The van der Waals surface area contributed by atoms with Crippen LogP contribution in [0.15, 0.2) is 24.3 Å². The molecule has 2 heteroatoms. The van der Waals surface area contributed by atoms with Crippen LogP contribution in [-0.2, 0) is 5.41 Å². The molecule has 0 saturated carbocycles. The molecule has 2 rings (SSSR count). The van der Waals surface area contributed by atoms with Gasteiger partial charge in [-0.05, 0) is 48.9 Å². The summed E-state index contributed by atoms with van der Waals surface area (Å²) in [4.78, 5) is 2.43. The average Bonchev–Trinajstić information content (AvgIpc) is 2.88. The topological polar surface area (TPSA) is 15.3 Å². The third kappa shape index (κ3) is 3.73. The minimum absolute atomic E-state index is 0.208. The quantitative estimate of drug-likeness (QED) is 0.892. The van der Waals surface area contributed by atoms with Crippen molar-refractivity contribution in [3.05, 3.63) is 29.8 Å². The Morgan fingerprint density at radius 3 is 2.63 bits per heavy atom. The number of rotatable bonds is 4. The highest BCUT2D eigenvalue weighted by molar-refractivity contribution is 5.55. The monoisotopic (exact) mass is 260 g/mol. The van der Waals surface area contributed by atoms with Gasteiger partial charge in [-0.1, -0.05) is 39.0 Å². The second-order valence-corrected chi connectivity index (χ2v) is 6.84.